The summed E-state index contributed by atoms with van der Waals surface area (Å²) in [4.78, 5) is 0. The van der Waals surface area contributed by atoms with Crippen LogP contribution in [-0.2, 0) is 16.0 Å². The third kappa shape index (κ3) is 4.51. The molecule has 114 valence electrons. The number of ether oxygens (including phenoxy) is 2. The lowest BCUT2D eigenvalue weighted by molar-refractivity contribution is -0.142. The Kier molecular flexibility index (Phi) is 6.17. The van der Waals surface area contributed by atoms with E-state index in [1.807, 2.05) is 38.2 Å². The Balaban J connectivity index is 2.11. The molecule has 0 fully saturated rings. The highest BCUT2D eigenvalue weighted by Gasteiger charge is 2.16. The van der Waals surface area contributed by atoms with E-state index in [2.05, 4.69) is 26.2 Å². The van der Waals surface area contributed by atoms with E-state index in [0.717, 1.165) is 10.0 Å². The van der Waals surface area contributed by atoms with Crippen LogP contribution in [-0.4, -0.2) is 28.2 Å². The fourth-order valence-electron chi connectivity index (χ4n) is 1.84. The minimum absolute atomic E-state index is 0.478. The molecule has 0 saturated carbocycles. The summed E-state index contributed by atoms with van der Waals surface area (Å²) in [7, 11) is 0. The van der Waals surface area contributed by atoms with Gasteiger partial charge in [0.2, 0.25) is 6.29 Å². The van der Waals surface area contributed by atoms with Gasteiger partial charge in [0, 0.05) is 22.7 Å². The zero-order valence-electron chi connectivity index (χ0n) is 11.9. The third-order valence-electron chi connectivity index (χ3n) is 2.78. The number of rotatable bonds is 7. The molecule has 0 atom stereocenters. The summed E-state index contributed by atoms with van der Waals surface area (Å²) in [6.07, 6.45) is 1.34. The van der Waals surface area contributed by atoms with Gasteiger partial charge >= 0.3 is 0 Å². The van der Waals surface area contributed by atoms with Crippen molar-refractivity contribution in [2.24, 2.45) is 0 Å². The number of benzene rings is 1. The fourth-order valence-corrected chi connectivity index (χ4v) is 2.58. The standard InChI is InChI=1S/C14H17BrClN3O2/c1-3-20-14(21-4-2)13-9-19(18-17-13)8-10-5-6-11(15)7-12(10)16/h5-7,9,14H,3-4,8H2,1-2H3. The second-order valence-corrected chi connectivity index (χ2v) is 5.64. The largest absolute Gasteiger partial charge is 0.347 e. The maximum Gasteiger partial charge on any atom is 0.204 e. The maximum atomic E-state index is 6.21. The molecular formula is C14H17BrClN3O2. The Morgan fingerprint density at radius 1 is 1.29 bits per heavy atom. The predicted molar refractivity (Wildman–Crippen MR) is 84.3 cm³/mol. The molecule has 0 spiro atoms. The minimum Gasteiger partial charge on any atom is -0.347 e. The Hall–Kier alpha value is -0.950. The van der Waals surface area contributed by atoms with Crippen molar-refractivity contribution >= 4 is 27.5 Å². The van der Waals surface area contributed by atoms with E-state index in [-0.39, 0.29) is 0 Å². The summed E-state index contributed by atoms with van der Waals surface area (Å²) in [5.74, 6) is 0. The molecule has 1 aromatic carbocycles. The van der Waals surface area contributed by atoms with Gasteiger partial charge in [-0.05, 0) is 31.5 Å². The Morgan fingerprint density at radius 2 is 2.00 bits per heavy atom. The number of hydrogen-bond donors (Lipinski definition) is 0. The van der Waals surface area contributed by atoms with Crippen LogP contribution in [0.25, 0.3) is 0 Å². The average molecular weight is 375 g/mol. The van der Waals surface area contributed by atoms with Crippen molar-refractivity contribution in [3.8, 4) is 0 Å². The molecule has 0 saturated heterocycles. The number of halogens is 2. The Morgan fingerprint density at radius 3 is 2.62 bits per heavy atom. The van der Waals surface area contributed by atoms with Gasteiger partial charge in [-0.25, -0.2) is 4.68 Å². The van der Waals surface area contributed by atoms with Crippen LogP contribution in [0.2, 0.25) is 5.02 Å². The van der Waals surface area contributed by atoms with Gasteiger partial charge < -0.3 is 9.47 Å². The first kappa shape index (κ1) is 16.4. The SMILES string of the molecule is CCOC(OCC)c1cn(Cc2ccc(Br)cc2Cl)nn1. The second-order valence-electron chi connectivity index (χ2n) is 4.32. The summed E-state index contributed by atoms with van der Waals surface area (Å²) in [5.41, 5.74) is 1.63. The highest BCUT2D eigenvalue weighted by atomic mass is 79.9. The lowest BCUT2D eigenvalue weighted by atomic mass is 10.2. The first-order chi connectivity index (χ1) is 10.1. The van der Waals surface area contributed by atoms with E-state index in [9.17, 15) is 0 Å². The molecule has 0 amide bonds. The van der Waals surface area contributed by atoms with Crippen molar-refractivity contribution in [3.05, 3.63) is 45.1 Å². The quantitative estimate of drug-likeness (QED) is 0.691. The summed E-state index contributed by atoms with van der Waals surface area (Å²) in [6.45, 7) is 5.48. The molecule has 5 nitrogen and oxygen atoms in total. The normalized spacial score (nSPS) is 11.3. The number of aromatic nitrogens is 3. The topological polar surface area (TPSA) is 49.2 Å². The summed E-state index contributed by atoms with van der Waals surface area (Å²) >= 11 is 9.59. The van der Waals surface area contributed by atoms with Gasteiger partial charge in [-0.2, -0.15) is 0 Å². The molecular weight excluding hydrogens is 358 g/mol. The van der Waals surface area contributed by atoms with Crippen LogP contribution in [0.4, 0.5) is 0 Å². The maximum absolute atomic E-state index is 6.21. The second kappa shape index (κ2) is 7.89. The fraction of sp³-hybridized carbons (Fsp3) is 0.429. The molecule has 21 heavy (non-hydrogen) atoms. The van der Waals surface area contributed by atoms with Crippen molar-refractivity contribution in [1.29, 1.82) is 0 Å². The summed E-state index contributed by atoms with van der Waals surface area (Å²) in [6, 6.07) is 5.76. The number of nitrogens with zero attached hydrogens (tertiary/aromatic N) is 3. The van der Waals surface area contributed by atoms with Crippen LogP contribution in [0.3, 0.4) is 0 Å². The molecule has 0 aliphatic rings. The lowest BCUT2D eigenvalue weighted by Gasteiger charge is -2.13. The molecule has 0 N–H and O–H groups in total. The molecule has 2 rings (SSSR count). The van der Waals surface area contributed by atoms with Crippen LogP contribution in [0.1, 0.15) is 31.4 Å². The van der Waals surface area contributed by atoms with Crippen LogP contribution >= 0.6 is 27.5 Å². The Labute approximate surface area is 137 Å². The van der Waals surface area contributed by atoms with E-state index >= 15 is 0 Å². The van der Waals surface area contributed by atoms with Crippen LogP contribution in [0, 0.1) is 0 Å². The first-order valence-corrected chi connectivity index (χ1v) is 7.88. The Bertz CT molecular complexity index is 585. The van der Waals surface area contributed by atoms with Gasteiger partial charge in [-0.3, -0.25) is 0 Å². The molecule has 1 aromatic heterocycles. The molecule has 0 aliphatic carbocycles. The van der Waals surface area contributed by atoms with E-state index < -0.39 is 6.29 Å². The van der Waals surface area contributed by atoms with Crippen LogP contribution < -0.4 is 0 Å². The van der Waals surface area contributed by atoms with Crippen molar-refractivity contribution in [2.45, 2.75) is 26.7 Å². The van der Waals surface area contributed by atoms with E-state index in [1.165, 1.54) is 0 Å². The van der Waals surface area contributed by atoms with E-state index in [4.69, 9.17) is 21.1 Å². The zero-order chi connectivity index (χ0) is 15.2. The monoisotopic (exact) mass is 373 g/mol. The van der Waals surface area contributed by atoms with Crippen LogP contribution in [0.5, 0.6) is 0 Å². The van der Waals surface area contributed by atoms with Crippen molar-refractivity contribution in [2.75, 3.05) is 13.2 Å². The van der Waals surface area contributed by atoms with Gasteiger partial charge in [0.15, 0.2) is 0 Å². The molecule has 7 heteroatoms. The van der Waals surface area contributed by atoms with Gasteiger partial charge in [0.05, 0.1) is 12.7 Å². The van der Waals surface area contributed by atoms with Crippen LogP contribution in [0.15, 0.2) is 28.9 Å². The van der Waals surface area contributed by atoms with Gasteiger partial charge in [0.1, 0.15) is 5.69 Å². The average Bonchev–Trinajstić information content (AvgIpc) is 2.90. The number of hydrogen-bond acceptors (Lipinski definition) is 4. The van der Waals surface area contributed by atoms with Gasteiger partial charge in [-0.15, -0.1) is 5.10 Å². The summed E-state index contributed by atoms with van der Waals surface area (Å²) < 4.78 is 13.7. The third-order valence-corrected chi connectivity index (χ3v) is 3.63. The highest BCUT2D eigenvalue weighted by molar-refractivity contribution is 9.10. The van der Waals surface area contributed by atoms with Crippen molar-refractivity contribution in [1.82, 2.24) is 15.0 Å². The van der Waals surface area contributed by atoms with E-state index in [1.54, 1.807) is 4.68 Å². The predicted octanol–water partition coefficient (Wildman–Crippen LogP) is 3.81. The van der Waals surface area contributed by atoms with Crippen molar-refractivity contribution in [3.63, 3.8) is 0 Å². The highest BCUT2D eigenvalue weighted by Crippen LogP contribution is 2.22. The van der Waals surface area contributed by atoms with E-state index in [0.29, 0.717) is 30.5 Å². The molecule has 0 aliphatic heterocycles. The van der Waals surface area contributed by atoms with Gasteiger partial charge in [0.25, 0.3) is 0 Å². The molecule has 2 aromatic rings. The first-order valence-electron chi connectivity index (χ1n) is 6.71. The zero-order valence-corrected chi connectivity index (χ0v) is 14.3. The summed E-state index contributed by atoms with van der Waals surface area (Å²) in [5, 5.41) is 8.89. The minimum atomic E-state index is -0.478. The lowest BCUT2D eigenvalue weighted by Crippen LogP contribution is -2.09. The van der Waals surface area contributed by atoms with Gasteiger partial charge in [-0.1, -0.05) is 38.8 Å². The molecule has 1 heterocycles. The molecule has 0 unspecified atom stereocenters. The molecule has 0 bridgehead atoms. The van der Waals surface area contributed by atoms with Crippen molar-refractivity contribution < 1.29 is 9.47 Å². The molecule has 0 radical (unpaired) electrons. The smallest absolute Gasteiger partial charge is 0.204 e.